The van der Waals surface area contributed by atoms with Crippen LogP contribution in [-0.2, 0) is 0 Å². The number of benzene rings is 2. The van der Waals surface area contributed by atoms with Crippen molar-refractivity contribution in [1.29, 1.82) is 0 Å². The Morgan fingerprint density at radius 1 is 0.829 bits per heavy atom. The summed E-state index contributed by atoms with van der Waals surface area (Å²) in [6, 6.07) is 24.1. The van der Waals surface area contributed by atoms with E-state index in [9.17, 15) is 0 Å². The summed E-state index contributed by atoms with van der Waals surface area (Å²) < 4.78 is 10.0. The highest BCUT2D eigenvalue weighted by Crippen LogP contribution is 2.49. The molecule has 0 amide bonds. The summed E-state index contributed by atoms with van der Waals surface area (Å²) in [6.45, 7) is 2.02. The van der Waals surface area contributed by atoms with Crippen molar-refractivity contribution >= 4 is 5.65 Å². The van der Waals surface area contributed by atoms with Gasteiger partial charge in [-0.15, -0.1) is 5.10 Å². The summed E-state index contributed by atoms with van der Waals surface area (Å²) in [5.41, 5.74) is 6.38. The van der Waals surface area contributed by atoms with Gasteiger partial charge in [-0.1, -0.05) is 48.5 Å². The molecule has 0 aliphatic carbocycles. The van der Waals surface area contributed by atoms with Gasteiger partial charge in [0, 0.05) is 18.0 Å². The molecule has 4 aromatic heterocycles. The van der Waals surface area contributed by atoms with Crippen molar-refractivity contribution in [2.75, 3.05) is 0 Å². The predicted molar refractivity (Wildman–Crippen MR) is 130 cm³/mol. The topological polar surface area (TPSA) is 83.0 Å². The van der Waals surface area contributed by atoms with Crippen molar-refractivity contribution in [2.24, 2.45) is 0 Å². The van der Waals surface area contributed by atoms with Crippen molar-refractivity contribution in [3.05, 3.63) is 114 Å². The molecule has 168 valence electrons. The zero-order valence-electron chi connectivity index (χ0n) is 18.8. The van der Waals surface area contributed by atoms with Gasteiger partial charge >= 0.3 is 0 Å². The fourth-order valence-electron chi connectivity index (χ4n) is 4.72. The number of hydrogen-bond donors (Lipinski definition) is 0. The lowest BCUT2D eigenvalue weighted by molar-refractivity contribution is 0.402. The Balaban J connectivity index is 1.50. The molecule has 1 aliphatic heterocycles. The molecule has 1 aliphatic rings. The van der Waals surface area contributed by atoms with Gasteiger partial charge in [-0.05, 0) is 36.8 Å². The first-order chi connectivity index (χ1) is 17.3. The molecule has 0 radical (unpaired) electrons. The summed E-state index contributed by atoms with van der Waals surface area (Å²) in [7, 11) is 0. The molecule has 7 rings (SSSR count). The Labute approximate surface area is 200 Å². The summed E-state index contributed by atoms with van der Waals surface area (Å²) in [5, 5.41) is 9.56. The van der Waals surface area contributed by atoms with Gasteiger partial charge in [0.05, 0.1) is 28.4 Å². The first kappa shape index (κ1) is 19.6. The highest BCUT2D eigenvalue weighted by Gasteiger charge is 2.38. The molecule has 0 unspecified atom stereocenters. The van der Waals surface area contributed by atoms with Crippen LogP contribution >= 0.6 is 0 Å². The van der Waals surface area contributed by atoms with Crippen LogP contribution in [0, 0.1) is 6.92 Å². The van der Waals surface area contributed by atoms with Crippen LogP contribution in [0.25, 0.3) is 22.7 Å². The van der Waals surface area contributed by atoms with Crippen LogP contribution in [0.3, 0.4) is 0 Å². The first-order valence-electron chi connectivity index (χ1n) is 11.3. The third kappa shape index (κ3) is 3.03. The van der Waals surface area contributed by atoms with Crippen molar-refractivity contribution < 1.29 is 4.74 Å². The molecule has 8 heteroatoms. The number of rotatable bonds is 3. The summed E-state index contributed by atoms with van der Waals surface area (Å²) in [5.74, 6) is 1.61. The minimum atomic E-state index is -0.168. The second-order valence-electron chi connectivity index (χ2n) is 8.40. The summed E-state index contributed by atoms with van der Waals surface area (Å²) >= 11 is 0. The first-order valence-corrected chi connectivity index (χ1v) is 11.3. The van der Waals surface area contributed by atoms with Gasteiger partial charge in [-0.3, -0.25) is 4.98 Å². The molecule has 0 N–H and O–H groups in total. The van der Waals surface area contributed by atoms with E-state index in [1.807, 2.05) is 72.3 Å². The van der Waals surface area contributed by atoms with Gasteiger partial charge in [0.15, 0.2) is 11.5 Å². The lowest BCUT2D eigenvalue weighted by Gasteiger charge is -2.26. The van der Waals surface area contributed by atoms with Gasteiger partial charge in [0.1, 0.15) is 6.33 Å². The average molecular weight is 457 g/mol. The van der Waals surface area contributed by atoms with E-state index in [1.165, 1.54) is 0 Å². The zero-order chi connectivity index (χ0) is 23.4. The number of fused-ring (bicyclic) bond motifs is 4. The van der Waals surface area contributed by atoms with Crippen molar-refractivity contribution in [2.45, 2.75) is 12.8 Å². The number of nitrogens with zero attached hydrogens (tertiary/aromatic N) is 7. The van der Waals surface area contributed by atoms with E-state index in [0.717, 1.165) is 33.6 Å². The minimum absolute atomic E-state index is 0.168. The van der Waals surface area contributed by atoms with Gasteiger partial charge in [0.2, 0.25) is 11.8 Å². The Hall–Kier alpha value is -4.85. The fourth-order valence-corrected chi connectivity index (χ4v) is 4.72. The van der Waals surface area contributed by atoms with Gasteiger partial charge in [0.25, 0.3) is 0 Å². The van der Waals surface area contributed by atoms with Gasteiger partial charge in [-0.2, -0.15) is 5.10 Å². The number of hydrogen-bond acceptors (Lipinski definition) is 6. The third-order valence-corrected chi connectivity index (χ3v) is 6.29. The number of pyridine rings is 1. The Bertz CT molecular complexity index is 1680. The van der Waals surface area contributed by atoms with Crippen LogP contribution in [0.15, 0.2) is 91.5 Å². The Morgan fingerprint density at radius 2 is 1.57 bits per heavy atom. The van der Waals surface area contributed by atoms with Crippen LogP contribution in [0.4, 0.5) is 0 Å². The lowest BCUT2D eigenvalue weighted by Crippen LogP contribution is -2.16. The van der Waals surface area contributed by atoms with Crippen molar-refractivity contribution in [3.8, 4) is 28.8 Å². The van der Waals surface area contributed by atoms with Crippen LogP contribution in [0.5, 0.6) is 11.8 Å². The van der Waals surface area contributed by atoms with Gasteiger partial charge in [-0.25, -0.2) is 19.2 Å². The van der Waals surface area contributed by atoms with E-state index in [0.29, 0.717) is 23.2 Å². The fraction of sp³-hybridized carbons (Fsp3) is 0.0741. The second kappa shape index (κ2) is 7.59. The maximum atomic E-state index is 6.46. The maximum absolute atomic E-state index is 6.46. The summed E-state index contributed by atoms with van der Waals surface area (Å²) in [4.78, 5) is 13.7. The van der Waals surface area contributed by atoms with Crippen molar-refractivity contribution in [1.82, 2.24) is 34.3 Å². The molecule has 35 heavy (non-hydrogen) atoms. The third-order valence-electron chi connectivity index (χ3n) is 6.29. The van der Waals surface area contributed by atoms with Crippen LogP contribution < -0.4 is 4.74 Å². The molecule has 6 aromatic rings. The Morgan fingerprint density at radius 3 is 2.34 bits per heavy atom. The molecule has 0 saturated heterocycles. The van der Waals surface area contributed by atoms with E-state index < -0.39 is 0 Å². The molecule has 0 spiro atoms. The number of ether oxygens (including phenoxy) is 1. The molecule has 2 aromatic carbocycles. The molecule has 0 bridgehead atoms. The van der Waals surface area contributed by atoms with E-state index in [4.69, 9.17) is 14.8 Å². The minimum Gasteiger partial charge on any atom is -0.420 e. The quantitative estimate of drug-likeness (QED) is 0.373. The molecule has 0 saturated carbocycles. The largest absolute Gasteiger partial charge is 0.420 e. The van der Waals surface area contributed by atoms with Gasteiger partial charge < -0.3 is 4.74 Å². The van der Waals surface area contributed by atoms with E-state index >= 15 is 0 Å². The molecule has 8 nitrogen and oxygen atoms in total. The second-order valence-corrected chi connectivity index (χ2v) is 8.40. The SMILES string of the molecule is Cc1nn(-c2ccccc2)c2c1[C@H](c1ccccc1)c1c(ncn3nc(-c4ccncc4)nc13)O2. The molecule has 1 atom stereocenters. The molecular weight excluding hydrogens is 438 g/mol. The number of para-hydroxylation sites is 1. The normalized spacial score (nSPS) is 14.4. The zero-order valence-corrected chi connectivity index (χ0v) is 18.8. The summed E-state index contributed by atoms with van der Waals surface area (Å²) in [6.07, 6.45) is 5.12. The Kier molecular flexibility index (Phi) is 4.25. The van der Waals surface area contributed by atoms with Crippen LogP contribution in [0.2, 0.25) is 0 Å². The van der Waals surface area contributed by atoms with Crippen LogP contribution in [-0.4, -0.2) is 34.3 Å². The van der Waals surface area contributed by atoms with E-state index in [-0.39, 0.29) is 5.92 Å². The number of aryl methyl sites for hydroxylation is 1. The predicted octanol–water partition coefficient (Wildman–Crippen LogP) is 4.97. The van der Waals surface area contributed by atoms with E-state index in [1.54, 1.807) is 23.2 Å². The highest BCUT2D eigenvalue weighted by molar-refractivity contribution is 5.68. The number of aromatic nitrogens is 7. The highest BCUT2D eigenvalue weighted by atomic mass is 16.5. The van der Waals surface area contributed by atoms with Crippen molar-refractivity contribution in [3.63, 3.8) is 0 Å². The average Bonchev–Trinajstić information content (AvgIpc) is 3.50. The maximum Gasteiger partial charge on any atom is 0.230 e. The molecular formula is C27H19N7O. The van der Waals surface area contributed by atoms with E-state index in [2.05, 4.69) is 27.2 Å². The smallest absolute Gasteiger partial charge is 0.230 e. The standard InChI is InChI=1S/C27H19N7O/c1-17-21-22(18-8-4-2-5-9-18)23-25-30-24(19-12-14-28-15-13-19)32-33(25)16-29-26(23)35-27(21)34(31-17)20-10-6-3-7-11-20/h2-16,22H,1H3/t22-/m0/s1. The molecule has 0 fully saturated rings. The molecule has 5 heterocycles. The van der Waals surface area contributed by atoms with Crippen LogP contribution in [0.1, 0.15) is 28.3 Å². The monoisotopic (exact) mass is 457 g/mol. The lowest BCUT2D eigenvalue weighted by atomic mass is 9.84.